The molecule has 8 heteroatoms. The molecule has 0 spiro atoms. The molecule has 0 fully saturated rings. The smallest absolute Gasteiger partial charge is 0.329 e. The summed E-state index contributed by atoms with van der Waals surface area (Å²) in [6, 6.07) is 0. The molecule has 0 aromatic rings. The molecule has 0 unspecified atom stereocenters. The Morgan fingerprint density at radius 2 is 0.630 bits per heavy atom. The fraction of sp³-hybridized carbons (Fsp3) is 0.947. The van der Waals surface area contributed by atoms with Crippen molar-refractivity contribution in [2.24, 2.45) is 0 Å². The van der Waals surface area contributed by atoms with Crippen molar-refractivity contribution in [3.8, 4) is 0 Å². The van der Waals surface area contributed by atoms with Crippen LogP contribution in [0.2, 0.25) is 0 Å². The van der Waals surface area contributed by atoms with Gasteiger partial charge in [-0.25, -0.2) is 0 Å². The summed E-state index contributed by atoms with van der Waals surface area (Å²) in [6.07, 6.45) is 24.0. The summed E-state index contributed by atoms with van der Waals surface area (Å²) in [4.78, 5) is 25.7. The van der Waals surface area contributed by atoms with E-state index in [0.717, 1.165) is 38.5 Å². The van der Waals surface area contributed by atoms with Crippen molar-refractivity contribution in [3.63, 3.8) is 0 Å². The number of esters is 2. The highest BCUT2D eigenvalue weighted by molar-refractivity contribution is 5.71. The van der Waals surface area contributed by atoms with Crippen LogP contribution in [0.3, 0.4) is 0 Å². The first kappa shape index (κ1) is 44.8. The van der Waals surface area contributed by atoms with Crippen LogP contribution in [-0.2, 0) is 38.0 Å². The van der Waals surface area contributed by atoms with Crippen LogP contribution in [0, 0.1) is 0 Å². The van der Waals surface area contributed by atoms with Crippen LogP contribution in [0.1, 0.15) is 196 Å². The summed E-state index contributed by atoms with van der Waals surface area (Å²) >= 11 is 0. The first-order chi connectivity index (χ1) is 22.4. The molecule has 46 heavy (non-hydrogen) atoms. The standard InChI is InChI=1S/C38H74O8/c1-7-13-15-17-19-21-23-25-29-33-37(41-9-3,42-10-4)45-35(39)31-27-28-32-36(40)46-38(43-11-5,44-12-6)34-30-26-24-22-20-18-16-14-8-2/h7-34H2,1-6H3. The minimum atomic E-state index is -1.34. The van der Waals surface area contributed by atoms with Gasteiger partial charge in [0.2, 0.25) is 0 Å². The highest BCUT2D eigenvalue weighted by Gasteiger charge is 2.37. The topological polar surface area (TPSA) is 89.5 Å². The molecule has 0 N–H and O–H groups in total. The summed E-state index contributed by atoms with van der Waals surface area (Å²) < 4.78 is 35.1. The number of hydrogen-bond donors (Lipinski definition) is 0. The molecule has 0 saturated heterocycles. The number of ether oxygens (including phenoxy) is 6. The van der Waals surface area contributed by atoms with Gasteiger partial charge in [-0.2, -0.15) is 0 Å². The van der Waals surface area contributed by atoms with E-state index in [1.165, 1.54) is 77.0 Å². The number of hydrogen-bond acceptors (Lipinski definition) is 8. The number of unbranched alkanes of at least 4 members (excludes halogenated alkanes) is 17. The zero-order chi connectivity index (χ0) is 34.2. The Morgan fingerprint density at radius 1 is 0.370 bits per heavy atom. The first-order valence-electron chi connectivity index (χ1n) is 19.4. The highest BCUT2D eigenvalue weighted by Crippen LogP contribution is 2.27. The van der Waals surface area contributed by atoms with Gasteiger partial charge in [-0.3, -0.25) is 9.59 Å². The second kappa shape index (κ2) is 31.1. The van der Waals surface area contributed by atoms with Gasteiger partial charge in [-0.1, -0.05) is 117 Å². The Kier molecular flexibility index (Phi) is 30.2. The van der Waals surface area contributed by atoms with Gasteiger partial charge in [-0.05, 0) is 53.4 Å². The fourth-order valence-electron chi connectivity index (χ4n) is 5.76. The van der Waals surface area contributed by atoms with Gasteiger partial charge in [0.1, 0.15) is 0 Å². The lowest BCUT2D eigenvalue weighted by Crippen LogP contribution is -2.41. The van der Waals surface area contributed by atoms with Crippen molar-refractivity contribution in [2.45, 2.75) is 208 Å². The summed E-state index contributed by atoms with van der Waals surface area (Å²) in [5, 5.41) is 0. The highest BCUT2D eigenvalue weighted by atomic mass is 16.9. The number of rotatable bonds is 35. The van der Waals surface area contributed by atoms with Crippen LogP contribution in [-0.4, -0.2) is 50.3 Å². The fourth-order valence-corrected chi connectivity index (χ4v) is 5.76. The van der Waals surface area contributed by atoms with Gasteiger partial charge >= 0.3 is 23.9 Å². The van der Waals surface area contributed by atoms with Gasteiger partial charge in [-0.15, -0.1) is 0 Å². The van der Waals surface area contributed by atoms with Gasteiger partial charge in [0, 0.05) is 25.7 Å². The van der Waals surface area contributed by atoms with Crippen LogP contribution >= 0.6 is 0 Å². The summed E-state index contributed by atoms with van der Waals surface area (Å²) in [5.74, 6) is -3.45. The van der Waals surface area contributed by atoms with E-state index in [4.69, 9.17) is 28.4 Å². The van der Waals surface area contributed by atoms with E-state index in [0.29, 0.717) is 52.1 Å². The van der Waals surface area contributed by atoms with Gasteiger partial charge in [0.25, 0.3) is 0 Å². The summed E-state index contributed by atoms with van der Waals surface area (Å²) in [7, 11) is 0. The third kappa shape index (κ3) is 24.0. The maximum absolute atomic E-state index is 12.8. The van der Waals surface area contributed by atoms with Crippen molar-refractivity contribution in [1.29, 1.82) is 0 Å². The van der Waals surface area contributed by atoms with E-state index in [-0.39, 0.29) is 24.8 Å². The van der Waals surface area contributed by atoms with Crippen LogP contribution < -0.4 is 0 Å². The van der Waals surface area contributed by atoms with E-state index >= 15 is 0 Å². The quantitative estimate of drug-likeness (QED) is 0.0377. The van der Waals surface area contributed by atoms with Crippen molar-refractivity contribution in [1.82, 2.24) is 0 Å². The van der Waals surface area contributed by atoms with Crippen LogP contribution in [0.15, 0.2) is 0 Å². The van der Waals surface area contributed by atoms with E-state index in [1.807, 2.05) is 27.7 Å². The molecule has 0 atom stereocenters. The molecule has 0 heterocycles. The molecule has 274 valence electrons. The lowest BCUT2D eigenvalue weighted by molar-refractivity contribution is -0.364. The number of carbonyl (C=O) groups excluding carboxylic acids is 2. The summed E-state index contributed by atoms with van der Waals surface area (Å²) in [6.45, 7) is 13.5. The van der Waals surface area contributed by atoms with Crippen molar-refractivity contribution in [2.75, 3.05) is 26.4 Å². The van der Waals surface area contributed by atoms with Gasteiger partial charge in [0.15, 0.2) is 0 Å². The Bertz CT molecular complexity index is 628. The third-order valence-electron chi connectivity index (χ3n) is 8.18. The van der Waals surface area contributed by atoms with Crippen LogP contribution in [0.4, 0.5) is 0 Å². The van der Waals surface area contributed by atoms with E-state index in [1.54, 1.807) is 0 Å². The van der Waals surface area contributed by atoms with Gasteiger partial charge < -0.3 is 28.4 Å². The molecule has 0 radical (unpaired) electrons. The lowest BCUT2D eigenvalue weighted by atomic mass is 10.1. The Hall–Kier alpha value is -1.22. The molecular formula is C38H74O8. The van der Waals surface area contributed by atoms with E-state index in [2.05, 4.69) is 13.8 Å². The summed E-state index contributed by atoms with van der Waals surface area (Å²) in [5.41, 5.74) is 0. The average molecular weight is 659 g/mol. The zero-order valence-electron chi connectivity index (χ0n) is 31.1. The maximum Gasteiger partial charge on any atom is 0.329 e. The van der Waals surface area contributed by atoms with Crippen molar-refractivity contribution < 1.29 is 38.0 Å². The van der Waals surface area contributed by atoms with Crippen LogP contribution in [0.5, 0.6) is 0 Å². The average Bonchev–Trinajstić information content (AvgIpc) is 3.02. The molecule has 0 aliphatic heterocycles. The predicted octanol–water partition coefficient (Wildman–Crippen LogP) is 10.9. The minimum Gasteiger partial charge on any atom is -0.408 e. The normalized spacial score (nSPS) is 12.0. The Labute approximate surface area is 283 Å². The van der Waals surface area contributed by atoms with Crippen LogP contribution in [0.25, 0.3) is 0 Å². The number of carbonyl (C=O) groups is 2. The predicted molar refractivity (Wildman–Crippen MR) is 186 cm³/mol. The van der Waals surface area contributed by atoms with E-state index in [9.17, 15) is 9.59 Å². The second-order valence-electron chi connectivity index (χ2n) is 12.4. The molecular weight excluding hydrogens is 584 g/mol. The van der Waals surface area contributed by atoms with Crippen molar-refractivity contribution in [3.05, 3.63) is 0 Å². The first-order valence-corrected chi connectivity index (χ1v) is 19.4. The Balaban J connectivity index is 4.64. The van der Waals surface area contributed by atoms with Gasteiger partial charge in [0.05, 0.1) is 26.4 Å². The molecule has 0 rings (SSSR count). The zero-order valence-corrected chi connectivity index (χ0v) is 31.1. The molecule has 0 aromatic heterocycles. The third-order valence-corrected chi connectivity index (χ3v) is 8.18. The largest absolute Gasteiger partial charge is 0.408 e. The SMILES string of the molecule is CCCCCCCCCCCC(OCC)(OCC)OC(=O)CCCCC(=O)OC(CCCCCCCCCCC)(OCC)OCC. The van der Waals surface area contributed by atoms with E-state index < -0.39 is 11.9 Å². The Morgan fingerprint density at radius 3 is 0.891 bits per heavy atom. The monoisotopic (exact) mass is 659 g/mol. The molecule has 0 aromatic carbocycles. The molecule has 0 saturated carbocycles. The van der Waals surface area contributed by atoms with Crippen molar-refractivity contribution >= 4 is 11.9 Å². The maximum atomic E-state index is 12.8. The molecule has 0 amide bonds. The lowest BCUT2D eigenvalue weighted by Gasteiger charge is -2.32. The molecule has 0 aliphatic rings. The molecule has 8 nitrogen and oxygen atoms in total. The molecule has 0 aliphatic carbocycles. The second-order valence-corrected chi connectivity index (χ2v) is 12.4. The molecule has 0 bridgehead atoms. The minimum absolute atomic E-state index is 0.174.